The number of aryl methyl sites for hydroxylation is 1. The summed E-state index contributed by atoms with van der Waals surface area (Å²) < 4.78 is 46.1. The zero-order valence-corrected chi connectivity index (χ0v) is 17.1. The molecule has 0 saturated heterocycles. The molecule has 2 aromatic heterocycles. The Morgan fingerprint density at radius 2 is 1.83 bits per heavy atom. The molecule has 3 aliphatic carbocycles. The summed E-state index contributed by atoms with van der Waals surface area (Å²) in [5.74, 6) is 1.65. The number of fused-ring (bicyclic) bond motifs is 3. The number of halogens is 4. The molecule has 1 N–H and O–H groups in total. The second kappa shape index (κ2) is 7.04. The van der Waals surface area contributed by atoms with E-state index in [1.54, 1.807) is 18.7 Å². The van der Waals surface area contributed by atoms with Gasteiger partial charge in [0.2, 0.25) is 5.28 Å². The Balaban J connectivity index is 1.48. The van der Waals surface area contributed by atoms with Crippen LogP contribution < -0.4 is 10.1 Å². The van der Waals surface area contributed by atoms with Crippen LogP contribution in [0.25, 0.3) is 0 Å². The van der Waals surface area contributed by atoms with E-state index in [4.69, 9.17) is 16.3 Å². The van der Waals surface area contributed by atoms with Crippen molar-refractivity contribution in [1.29, 1.82) is 0 Å². The summed E-state index contributed by atoms with van der Waals surface area (Å²) in [7, 11) is 3.21. The Hall–Kier alpha value is -2.03. The minimum Gasteiger partial charge on any atom is -0.491 e. The molecular weight excluding hydrogens is 407 g/mol. The molecule has 2 bridgehead atoms. The van der Waals surface area contributed by atoms with E-state index in [-0.39, 0.29) is 16.1 Å². The molecular formula is C19H23ClF3N5O. The zero-order chi connectivity index (χ0) is 20.9. The highest BCUT2D eigenvalue weighted by molar-refractivity contribution is 6.28. The van der Waals surface area contributed by atoms with Gasteiger partial charge in [-0.15, -0.1) is 0 Å². The van der Waals surface area contributed by atoms with Crippen molar-refractivity contribution in [2.75, 3.05) is 19.0 Å². The molecule has 3 saturated carbocycles. The molecule has 3 fully saturated rings. The molecule has 0 radical (unpaired) electrons. The van der Waals surface area contributed by atoms with Crippen LogP contribution in [-0.4, -0.2) is 33.2 Å². The minimum absolute atomic E-state index is 0.0855. The summed E-state index contributed by atoms with van der Waals surface area (Å²) in [6.07, 6.45) is 3.49. The third kappa shape index (κ3) is 3.65. The van der Waals surface area contributed by atoms with Crippen LogP contribution in [0.1, 0.15) is 50.0 Å². The van der Waals surface area contributed by atoms with Crippen LogP contribution in [0.15, 0.2) is 12.4 Å². The summed E-state index contributed by atoms with van der Waals surface area (Å²) in [4.78, 5) is 12.1. The molecule has 0 aromatic carbocycles. The van der Waals surface area contributed by atoms with Gasteiger partial charge < -0.3 is 14.6 Å². The molecule has 0 atom stereocenters. The maximum atomic E-state index is 13.1. The highest BCUT2D eigenvalue weighted by atomic mass is 35.5. The average molecular weight is 430 g/mol. The topological polar surface area (TPSA) is 64.9 Å². The molecule has 5 rings (SSSR count). The first-order chi connectivity index (χ1) is 13.7. The van der Waals surface area contributed by atoms with Crippen LogP contribution in [0.3, 0.4) is 0 Å². The van der Waals surface area contributed by atoms with E-state index in [0.29, 0.717) is 23.9 Å². The van der Waals surface area contributed by atoms with E-state index < -0.39 is 11.9 Å². The highest BCUT2D eigenvalue weighted by Gasteiger charge is 2.51. The lowest BCUT2D eigenvalue weighted by Gasteiger charge is -2.53. The largest absolute Gasteiger partial charge is 0.491 e. The number of nitrogens with zero attached hydrogens (tertiary/aromatic N) is 4. The molecule has 0 spiro atoms. The smallest absolute Gasteiger partial charge is 0.434 e. The lowest BCUT2D eigenvalue weighted by atomic mass is 9.53. The van der Waals surface area contributed by atoms with Crippen LogP contribution in [0.4, 0.5) is 19.0 Å². The number of ether oxygens (including phenoxy) is 1. The zero-order valence-electron chi connectivity index (χ0n) is 16.3. The second-order valence-corrected chi connectivity index (χ2v) is 8.59. The number of anilines is 1. The summed E-state index contributed by atoms with van der Waals surface area (Å²) in [5.41, 5.74) is -0.987. The monoisotopic (exact) mass is 429 g/mol. The first kappa shape index (κ1) is 20.3. The van der Waals surface area contributed by atoms with E-state index >= 15 is 0 Å². The number of methoxy groups -OCH3 is 1. The number of aromatic nitrogens is 4. The number of hydrogen-bond acceptors (Lipinski definition) is 5. The van der Waals surface area contributed by atoms with E-state index in [1.807, 2.05) is 0 Å². The fraction of sp³-hybridized carbons (Fsp3) is 0.632. The quantitative estimate of drug-likeness (QED) is 0.704. The van der Waals surface area contributed by atoms with Gasteiger partial charge in [-0.3, -0.25) is 0 Å². The molecule has 2 aromatic rings. The van der Waals surface area contributed by atoms with Gasteiger partial charge >= 0.3 is 6.18 Å². The lowest BCUT2D eigenvalue weighted by Crippen LogP contribution is -2.48. The fourth-order valence-electron chi connectivity index (χ4n) is 4.86. The maximum Gasteiger partial charge on any atom is 0.434 e. The molecule has 3 aliphatic rings. The van der Waals surface area contributed by atoms with Crippen molar-refractivity contribution in [2.45, 2.75) is 50.1 Å². The normalized spacial score (nSPS) is 26.6. The first-order valence-electron chi connectivity index (χ1n) is 9.58. The van der Waals surface area contributed by atoms with Crippen molar-refractivity contribution in [2.24, 2.45) is 12.5 Å². The van der Waals surface area contributed by atoms with E-state index in [9.17, 15) is 13.2 Å². The number of rotatable bonds is 5. The molecule has 0 amide bonds. The highest BCUT2D eigenvalue weighted by Crippen LogP contribution is 2.57. The van der Waals surface area contributed by atoms with Gasteiger partial charge in [-0.2, -0.15) is 18.2 Å². The Labute approximate surface area is 171 Å². The number of hydrogen-bond donors (Lipinski definition) is 1. The van der Waals surface area contributed by atoms with Crippen LogP contribution >= 0.6 is 11.6 Å². The van der Waals surface area contributed by atoms with Crippen molar-refractivity contribution in [3.05, 3.63) is 29.2 Å². The van der Waals surface area contributed by atoms with Gasteiger partial charge in [-0.05, 0) is 55.5 Å². The molecule has 0 aliphatic heterocycles. The van der Waals surface area contributed by atoms with Gasteiger partial charge in [0.05, 0.1) is 13.3 Å². The molecule has 158 valence electrons. The molecule has 10 heteroatoms. The van der Waals surface area contributed by atoms with Crippen LogP contribution in [0.5, 0.6) is 5.75 Å². The van der Waals surface area contributed by atoms with Gasteiger partial charge in [0.25, 0.3) is 0 Å². The predicted molar refractivity (Wildman–Crippen MR) is 102 cm³/mol. The van der Waals surface area contributed by atoms with Gasteiger partial charge in [0.1, 0.15) is 5.82 Å². The van der Waals surface area contributed by atoms with Crippen molar-refractivity contribution in [1.82, 2.24) is 19.5 Å². The van der Waals surface area contributed by atoms with Gasteiger partial charge in [-0.1, -0.05) is 0 Å². The molecule has 0 unspecified atom stereocenters. The van der Waals surface area contributed by atoms with Crippen LogP contribution in [-0.2, 0) is 18.6 Å². The molecule has 2 heterocycles. The predicted octanol–water partition coefficient (Wildman–Crippen LogP) is 4.60. The summed E-state index contributed by atoms with van der Waals surface area (Å²) in [5, 5.41) is 3.49. The first-order valence-corrected chi connectivity index (χ1v) is 9.96. The third-order valence-corrected chi connectivity index (χ3v) is 6.80. The van der Waals surface area contributed by atoms with Gasteiger partial charge in [-0.25, -0.2) is 9.97 Å². The number of nitrogens with one attached hydrogen (secondary N) is 1. The molecule has 29 heavy (non-hydrogen) atoms. The third-order valence-electron chi connectivity index (χ3n) is 6.62. The van der Waals surface area contributed by atoms with E-state index in [2.05, 4.69) is 20.3 Å². The lowest BCUT2D eigenvalue weighted by molar-refractivity contribution is -0.141. The SMILES string of the molecule is COc1cnc(Cl)nc1NCC12CCC(c3nc(C(F)(F)F)cn3C)(CC1)CC2. The van der Waals surface area contributed by atoms with Crippen molar-refractivity contribution in [3.63, 3.8) is 0 Å². The fourth-order valence-corrected chi connectivity index (χ4v) is 4.99. The Morgan fingerprint density at radius 3 is 2.38 bits per heavy atom. The Morgan fingerprint density at radius 1 is 1.17 bits per heavy atom. The van der Waals surface area contributed by atoms with E-state index in [1.165, 1.54) is 6.20 Å². The van der Waals surface area contributed by atoms with Crippen LogP contribution in [0.2, 0.25) is 5.28 Å². The Bertz CT molecular complexity index is 889. The molecule has 6 nitrogen and oxygen atoms in total. The van der Waals surface area contributed by atoms with Gasteiger partial charge in [0.15, 0.2) is 17.3 Å². The van der Waals surface area contributed by atoms with Gasteiger partial charge in [0, 0.05) is 25.2 Å². The van der Waals surface area contributed by atoms with Crippen molar-refractivity contribution >= 4 is 17.4 Å². The summed E-state index contributed by atoms with van der Waals surface area (Å²) >= 11 is 5.90. The van der Waals surface area contributed by atoms with Crippen molar-refractivity contribution < 1.29 is 17.9 Å². The number of alkyl halides is 3. The Kier molecular flexibility index (Phi) is 4.91. The second-order valence-electron chi connectivity index (χ2n) is 8.25. The van der Waals surface area contributed by atoms with E-state index in [0.717, 1.165) is 44.7 Å². The minimum atomic E-state index is -4.42. The standard InChI is InChI=1S/C19H23ClF3N5O/c1-28-10-13(19(21,22)23)26-15(28)18-6-3-17(4-7-18,5-8-18)11-25-14-12(29-2)9-24-16(20)27-14/h9-10H,3-8,11H2,1-2H3,(H,24,25,27). The maximum absolute atomic E-state index is 13.1. The number of imidazole rings is 1. The van der Waals surface area contributed by atoms with Crippen LogP contribution in [0, 0.1) is 5.41 Å². The summed E-state index contributed by atoms with van der Waals surface area (Å²) in [6.45, 7) is 0.709. The van der Waals surface area contributed by atoms with Crippen molar-refractivity contribution in [3.8, 4) is 5.75 Å². The summed E-state index contributed by atoms with van der Waals surface area (Å²) in [6, 6.07) is 0. The average Bonchev–Trinajstić information content (AvgIpc) is 3.11.